The minimum Gasteiger partial charge on any atom is -0.361 e. The molecule has 41 heavy (non-hydrogen) atoms. The van der Waals surface area contributed by atoms with Gasteiger partial charge in [-0.3, -0.25) is 4.79 Å². The summed E-state index contributed by atoms with van der Waals surface area (Å²) in [6.45, 7) is 4.62. The van der Waals surface area contributed by atoms with Gasteiger partial charge in [0.1, 0.15) is 0 Å². The Morgan fingerprint density at radius 2 is 1.90 bits per heavy atom. The summed E-state index contributed by atoms with van der Waals surface area (Å²) in [4.78, 5) is 19.0. The van der Waals surface area contributed by atoms with Gasteiger partial charge in [-0.05, 0) is 54.9 Å². The van der Waals surface area contributed by atoms with Gasteiger partial charge in [-0.1, -0.05) is 37.3 Å². The lowest BCUT2D eigenvalue weighted by Gasteiger charge is -2.37. The zero-order valence-electron chi connectivity index (χ0n) is 22.8. The highest BCUT2D eigenvalue weighted by Crippen LogP contribution is 2.32. The number of nitrogens with zero attached hydrogens (tertiary/aromatic N) is 4. The first-order valence-electron chi connectivity index (χ1n) is 13.0. The van der Waals surface area contributed by atoms with E-state index in [9.17, 15) is 18.0 Å². The fourth-order valence-electron chi connectivity index (χ4n) is 4.33. The molecule has 218 valence electrons. The van der Waals surface area contributed by atoms with E-state index in [4.69, 9.17) is 29.1 Å². The number of aromatic nitrogens is 2. The summed E-state index contributed by atoms with van der Waals surface area (Å²) in [5.41, 5.74) is 0.741. The number of benzene rings is 2. The fraction of sp³-hybridized carbons (Fsp3) is 0.379. The van der Waals surface area contributed by atoms with E-state index in [1.165, 1.54) is 12.1 Å². The largest absolute Gasteiger partial charge is 0.416 e. The smallest absolute Gasteiger partial charge is 0.361 e. The van der Waals surface area contributed by atoms with Crippen LogP contribution in [0.3, 0.4) is 0 Å². The molecule has 3 rings (SSSR count). The first-order chi connectivity index (χ1) is 19.5. The first-order valence-corrected chi connectivity index (χ1v) is 13.9. The van der Waals surface area contributed by atoms with Crippen molar-refractivity contribution in [1.82, 2.24) is 25.1 Å². The third-order valence-electron chi connectivity index (χ3n) is 6.68. The molecule has 1 heterocycles. The minimum absolute atomic E-state index is 0.0533. The van der Waals surface area contributed by atoms with Gasteiger partial charge in [-0.2, -0.15) is 18.4 Å². The van der Waals surface area contributed by atoms with Gasteiger partial charge in [0.05, 0.1) is 35.5 Å². The Hall–Kier alpha value is -3.62. The molecule has 0 aliphatic rings. The summed E-state index contributed by atoms with van der Waals surface area (Å²) in [6.07, 6.45) is -0.703. The van der Waals surface area contributed by atoms with Gasteiger partial charge in [0.25, 0.3) is 0 Å². The predicted molar refractivity (Wildman–Crippen MR) is 156 cm³/mol. The zero-order valence-corrected chi connectivity index (χ0v) is 24.4. The standard InChI is InChI=1S/C29H32ClF3N6OS/c1-3-28(2,19-38(27(41)36-13-12-30)18-23-6-4-5-7-25(23)29(31,32)33)37-26(40)14-24-16-35-20-39(24)17-22-10-8-21(15-34)9-11-22/h4-11,16,20H,3,12-14,17-19H2,1-2H3,(H,36,41)(H,37,40). The second kappa shape index (κ2) is 14.3. The quantitative estimate of drug-likeness (QED) is 0.217. The Bertz CT molecular complexity index is 1370. The molecule has 0 bridgehead atoms. The van der Waals surface area contributed by atoms with Gasteiger partial charge in [0.15, 0.2) is 5.11 Å². The average Bonchev–Trinajstić information content (AvgIpc) is 3.37. The molecule has 2 aromatic carbocycles. The Labute approximate surface area is 248 Å². The number of rotatable bonds is 12. The van der Waals surface area contributed by atoms with Crippen molar-refractivity contribution in [3.63, 3.8) is 0 Å². The van der Waals surface area contributed by atoms with E-state index in [0.717, 1.165) is 11.6 Å². The number of imidazole rings is 1. The molecular formula is C29H32ClF3N6OS. The topological polar surface area (TPSA) is 86.0 Å². The Balaban J connectivity index is 1.75. The third-order valence-corrected chi connectivity index (χ3v) is 7.27. The second-order valence-electron chi connectivity index (χ2n) is 9.89. The maximum Gasteiger partial charge on any atom is 0.416 e. The van der Waals surface area contributed by atoms with Crippen LogP contribution in [0.15, 0.2) is 61.1 Å². The molecule has 3 aromatic rings. The summed E-state index contributed by atoms with van der Waals surface area (Å²) in [5.74, 6) is 0.0108. The predicted octanol–water partition coefficient (Wildman–Crippen LogP) is 5.26. The van der Waals surface area contributed by atoms with E-state index >= 15 is 0 Å². The number of thiocarbonyl (C=S) groups is 1. The van der Waals surface area contributed by atoms with Crippen LogP contribution >= 0.6 is 23.8 Å². The van der Waals surface area contributed by atoms with Crippen LogP contribution in [0.2, 0.25) is 0 Å². The zero-order chi connectivity index (χ0) is 30.0. The second-order valence-corrected chi connectivity index (χ2v) is 10.7. The molecule has 1 atom stereocenters. The van der Waals surface area contributed by atoms with Gasteiger partial charge in [0.2, 0.25) is 5.91 Å². The summed E-state index contributed by atoms with van der Waals surface area (Å²) >= 11 is 11.3. The number of hydrogen-bond acceptors (Lipinski definition) is 4. The molecule has 0 saturated heterocycles. The molecule has 0 radical (unpaired) electrons. The molecule has 0 aliphatic heterocycles. The van der Waals surface area contributed by atoms with Crippen LogP contribution < -0.4 is 10.6 Å². The molecule has 2 N–H and O–H groups in total. The van der Waals surface area contributed by atoms with E-state index in [1.54, 1.807) is 35.6 Å². The number of nitrogens with one attached hydrogen (secondary N) is 2. The van der Waals surface area contributed by atoms with Crippen molar-refractivity contribution in [2.75, 3.05) is 19.0 Å². The minimum atomic E-state index is -4.52. The molecule has 0 fully saturated rings. The van der Waals surface area contributed by atoms with Gasteiger partial charge in [-0.25, -0.2) is 4.98 Å². The normalized spacial score (nSPS) is 12.7. The third kappa shape index (κ3) is 9.20. The number of carbonyl (C=O) groups excluding carboxylic acids is 1. The van der Waals surface area contributed by atoms with Crippen LogP contribution in [0.1, 0.15) is 48.2 Å². The number of carbonyl (C=O) groups is 1. The lowest BCUT2D eigenvalue weighted by Crippen LogP contribution is -2.56. The summed E-state index contributed by atoms with van der Waals surface area (Å²) in [7, 11) is 0. The molecule has 1 aromatic heterocycles. The monoisotopic (exact) mass is 604 g/mol. The fourth-order valence-corrected chi connectivity index (χ4v) is 4.66. The highest BCUT2D eigenvalue weighted by Gasteiger charge is 2.35. The lowest BCUT2D eigenvalue weighted by atomic mass is 9.96. The van der Waals surface area contributed by atoms with E-state index < -0.39 is 17.3 Å². The van der Waals surface area contributed by atoms with Crippen molar-refractivity contribution in [3.05, 3.63) is 89.0 Å². The van der Waals surface area contributed by atoms with Gasteiger partial charge in [-0.15, -0.1) is 11.6 Å². The van der Waals surface area contributed by atoms with Crippen LogP contribution in [-0.2, 0) is 30.5 Å². The van der Waals surface area contributed by atoms with Crippen molar-refractivity contribution in [2.45, 2.75) is 51.5 Å². The number of alkyl halides is 4. The van der Waals surface area contributed by atoms with Crippen molar-refractivity contribution in [1.29, 1.82) is 5.26 Å². The number of hydrogen-bond donors (Lipinski definition) is 2. The Morgan fingerprint density at radius 3 is 2.54 bits per heavy atom. The van der Waals surface area contributed by atoms with Crippen LogP contribution in [0, 0.1) is 11.3 Å². The first kappa shape index (κ1) is 31.9. The Kier molecular flexibility index (Phi) is 11.1. The summed E-state index contributed by atoms with van der Waals surface area (Å²) < 4.78 is 43.0. The number of nitriles is 1. The molecule has 7 nitrogen and oxygen atoms in total. The van der Waals surface area contributed by atoms with Crippen LogP contribution in [0.4, 0.5) is 13.2 Å². The molecule has 0 aliphatic carbocycles. The average molecular weight is 605 g/mol. The molecule has 12 heteroatoms. The van der Waals surface area contributed by atoms with Crippen molar-refractivity contribution >= 4 is 34.8 Å². The van der Waals surface area contributed by atoms with Crippen LogP contribution in [0.25, 0.3) is 0 Å². The molecule has 0 spiro atoms. The van der Waals surface area contributed by atoms with Crippen molar-refractivity contribution in [3.8, 4) is 6.07 Å². The number of halogens is 4. The summed E-state index contributed by atoms with van der Waals surface area (Å²) in [5, 5.41) is 15.3. The van der Waals surface area contributed by atoms with E-state index in [-0.39, 0.29) is 42.0 Å². The molecular weight excluding hydrogens is 573 g/mol. The van der Waals surface area contributed by atoms with Gasteiger partial charge < -0.3 is 20.1 Å². The molecule has 1 unspecified atom stereocenters. The van der Waals surface area contributed by atoms with Crippen LogP contribution in [-0.4, -0.2) is 50.0 Å². The SMILES string of the molecule is CCC(C)(CN(Cc1ccccc1C(F)(F)F)C(=S)NCCCl)NC(=O)Cc1cncn1Cc1ccc(C#N)cc1. The van der Waals surface area contributed by atoms with Crippen molar-refractivity contribution in [2.24, 2.45) is 0 Å². The van der Waals surface area contributed by atoms with Gasteiger partial charge >= 0.3 is 6.18 Å². The van der Waals surface area contributed by atoms with Crippen LogP contribution in [0.5, 0.6) is 0 Å². The lowest BCUT2D eigenvalue weighted by molar-refractivity contribution is -0.138. The highest BCUT2D eigenvalue weighted by atomic mass is 35.5. The Morgan fingerprint density at radius 1 is 1.20 bits per heavy atom. The van der Waals surface area contributed by atoms with Crippen molar-refractivity contribution < 1.29 is 18.0 Å². The number of amides is 1. The van der Waals surface area contributed by atoms with E-state index in [2.05, 4.69) is 21.7 Å². The van der Waals surface area contributed by atoms with E-state index in [0.29, 0.717) is 30.8 Å². The summed E-state index contributed by atoms with van der Waals surface area (Å²) in [6, 6.07) is 14.6. The maximum absolute atomic E-state index is 13.7. The van der Waals surface area contributed by atoms with Gasteiger partial charge in [0, 0.05) is 43.9 Å². The maximum atomic E-state index is 13.7. The van der Waals surface area contributed by atoms with E-state index in [1.807, 2.05) is 30.5 Å². The molecule has 0 saturated carbocycles. The molecule has 1 amide bonds. The highest BCUT2D eigenvalue weighted by molar-refractivity contribution is 7.80.